The standard InChI is InChI=1S/C14H20N2O2/c1-3-11(2)15-14(18)16-13(10-17)9-12-7-5-4-6-8-12/h3-8,11,13,17H,1,9-10H2,2H3,(H2,15,16,18)/t11?,13-/m0/s1. The molecule has 0 saturated heterocycles. The third-order valence-electron chi connectivity index (χ3n) is 2.59. The van der Waals surface area contributed by atoms with Gasteiger partial charge in [0.1, 0.15) is 0 Å². The van der Waals surface area contributed by atoms with E-state index in [1.165, 1.54) is 0 Å². The van der Waals surface area contributed by atoms with Crippen molar-refractivity contribution in [1.82, 2.24) is 10.6 Å². The molecule has 0 aliphatic carbocycles. The van der Waals surface area contributed by atoms with Crippen LogP contribution in [0.5, 0.6) is 0 Å². The van der Waals surface area contributed by atoms with E-state index in [4.69, 9.17) is 0 Å². The molecule has 1 aromatic carbocycles. The lowest BCUT2D eigenvalue weighted by Gasteiger charge is -2.18. The second-order valence-electron chi connectivity index (χ2n) is 4.21. The zero-order valence-electron chi connectivity index (χ0n) is 10.6. The fourth-order valence-corrected chi connectivity index (χ4v) is 1.55. The maximum Gasteiger partial charge on any atom is 0.315 e. The molecule has 0 aliphatic rings. The number of urea groups is 1. The highest BCUT2D eigenvalue weighted by atomic mass is 16.3. The number of benzene rings is 1. The fraction of sp³-hybridized carbons (Fsp3) is 0.357. The highest BCUT2D eigenvalue weighted by Crippen LogP contribution is 2.02. The van der Waals surface area contributed by atoms with Crippen molar-refractivity contribution in [1.29, 1.82) is 0 Å². The maximum absolute atomic E-state index is 11.6. The Morgan fingerprint density at radius 3 is 2.61 bits per heavy atom. The molecule has 0 saturated carbocycles. The van der Waals surface area contributed by atoms with Gasteiger partial charge in [0.15, 0.2) is 0 Å². The summed E-state index contributed by atoms with van der Waals surface area (Å²) in [5.41, 5.74) is 1.08. The van der Waals surface area contributed by atoms with E-state index in [2.05, 4.69) is 17.2 Å². The fourth-order valence-electron chi connectivity index (χ4n) is 1.55. The van der Waals surface area contributed by atoms with Crippen LogP contribution in [0.25, 0.3) is 0 Å². The van der Waals surface area contributed by atoms with Crippen LogP contribution in [0.1, 0.15) is 12.5 Å². The van der Waals surface area contributed by atoms with E-state index >= 15 is 0 Å². The predicted octanol–water partition coefficient (Wildman–Crippen LogP) is 1.46. The molecular weight excluding hydrogens is 228 g/mol. The summed E-state index contributed by atoms with van der Waals surface area (Å²) in [6, 6.07) is 9.06. The van der Waals surface area contributed by atoms with Gasteiger partial charge in [-0.25, -0.2) is 4.79 Å². The number of nitrogens with one attached hydrogen (secondary N) is 2. The molecule has 3 N–H and O–H groups in total. The van der Waals surface area contributed by atoms with Gasteiger partial charge in [0.05, 0.1) is 12.6 Å². The normalized spacial score (nSPS) is 13.4. The van der Waals surface area contributed by atoms with E-state index in [0.717, 1.165) is 5.56 Å². The Hall–Kier alpha value is -1.81. The molecule has 98 valence electrons. The third kappa shape index (κ3) is 5.01. The number of carbonyl (C=O) groups is 1. The Balaban J connectivity index is 2.47. The summed E-state index contributed by atoms with van der Waals surface area (Å²) in [5, 5.41) is 14.7. The second-order valence-corrected chi connectivity index (χ2v) is 4.21. The molecule has 0 fully saturated rings. The minimum Gasteiger partial charge on any atom is -0.394 e. The summed E-state index contributed by atoms with van der Waals surface area (Å²) in [7, 11) is 0. The first-order valence-corrected chi connectivity index (χ1v) is 6.00. The molecule has 4 heteroatoms. The van der Waals surface area contributed by atoms with Gasteiger partial charge in [-0.1, -0.05) is 36.4 Å². The highest BCUT2D eigenvalue weighted by Gasteiger charge is 2.12. The van der Waals surface area contributed by atoms with Crippen molar-refractivity contribution in [2.45, 2.75) is 25.4 Å². The molecule has 0 aliphatic heterocycles. The Bertz CT molecular complexity index is 379. The Morgan fingerprint density at radius 1 is 1.39 bits per heavy atom. The Morgan fingerprint density at radius 2 is 2.06 bits per heavy atom. The van der Waals surface area contributed by atoms with Crippen LogP contribution in [0.4, 0.5) is 4.79 Å². The molecule has 1 rings (SSSR count). The summed E-state index contributed by atoms with van der Waals surface area (Å²) in [6.07, 6.45) is 2.25. The van der Waals surface area contributed by atoms with Crippen LogP contribution in [0, 0.1) is 0 Å². The average molecular weight is 248 g/mol. The minimum absolute atomic E-state index is 0.0925. The maximum atomic E-state index is 11.6. The molecule has 0 bridgehead atoms. The first-order chi connectivity index (χ1) is 8.65. The molecule has 18 heavy (non-hydrogen) atoms. The van der Waals surface area contributed by atoms with E-state index in [0.29, 0.717) is 6.42 Å². The van der Waals surface area contributed by atoms with Crippen molar-refractivity contribution in [3.05, 3.63) is 48.6 Å². The van der Waals surface area contributed by atoms with Crippen LogP contribution >= 0.6 is 0 Å². The number of hydrogen-bond acceptors (Lipinski definition) is 2. The first-order valence-electron chi connectivity index (χ1n) is 6.00. The molecule has 0 aromatic heterocycles. The highest BCUT2D eigenvalue weighted by molar-refractivity contribution is 5.74. The zero-order chi connectivity index (χ0) is 13.4. The van der Waals surface area contributed by atoms with Crippen LogP contribution in [0.3, 0.4) is 0 Å². The van der Waals surface area contributed by atoms with Gasteiger partial charge in [0.2, 0.25) is 0 Å². The lowest BCUT2D eigenvalue weighted by molar-refractivity contribution is 0.215. The zero-order valence-corrected chi connectivity index (χ0v) is 10.6. The van der Waals surface area contributed by atoms with Crippen molar-refractivity contribution in [2.75, 3.05) is 6.61 Å². The first kappa shape index (κ1) is 14.3. The quantitative estimate of drug-likeness (QED) is 0.667. The van der Waals surface area contributed by atoms with Gasteiger partial charge in [-0.2, -0.15) is 0 Å². The van der Waals surface area contributed by atoms with Crippen LogP contribution < -0.4 is 10.6 Å². The van der Waals surface area contributed by atoms with E-state index in [-0.39, 0.29) is 24.7 Å². The number of rotatable bonds is 6. The molecule has 1 aromatic rings. The van der Waals surface area contributed by atoms with Crippen LogP contribution in [0.2, 0.25) is 0 Å². The van der Waals surface area contributed by atoms with Crippen molar-refractivity contribution in [3.63, 3.8) is 0 Å². The minimum atomic E-state index is -0.294. The van der Waals surface area contributed by atoms with Crippen molar-refractivity contribution in [2.24, 2.45) is 0 Å². The molecule has 1 unspecified atom stereocenters. The molecular formula is C14H20N2O2. The molecule has 0 spiro atoms. The number of aliphatic hydroxyl groups is 1. The summed E-state index contributed by atoms with van der Waals surface area (Å²) in [4.78, 5) is 11.6. The Labute approximate surface area is 108 Å². The van der Waals surface area contributed by atoms with Crippen molar-refractivity contribution in [3.8, 4) is 0 Å². The molecule has 2 amide bonds. The second kappa shape index (κ2) is 7.50. The largest absolute Gasteiger partial charge is 0.394 e. The van der Waals surface area contributed by atoms with Crippen molar-refractivity contribution >= 4 is 6.03 Å². The van der Waals surface area contributed by atoms with E-state index < -0.39 is 0 Å². The SMILES string of the molecule is C=CC(C)NC(=O)N[C@H](CO)Cc1ccccc1. The Kier molecular flexibility index (Phi) is 5.94. The monoisotopic (exact) mass is 248 g/mol. The van der Waals surface area contributed by atoms with Crippen LogP contribution in [-0.2, 0) is 6.42 Å². The molecule has 2 atom stereocenters. The van der Waals surface area contributed by atoms with Gasteiger partial charge >= 0.3 is 6.03 Å². The lowest BCUT2D eigenvalue weighted by Crippen LogP contribution is -2.47. The van der Waals surface area contributed by atoms with E-state index in [1.54, 1.807) is 6.08 Å². The van der Waals surface area contributed by atoms with Crippen LogP contribution in [-0.4, -0.2) is 29.8 Å². The van der Waals surface area contributed by atoms with Crippen LogP contribution in [0.15, 0.2) is 43.0 Å². The topological polar surface area (TPSA) is 61.4 Å². The van der Waals surface area contributed by atoms with Gasteiger partial charge in [-0.05, 0) is 18.9 Å². The van der Waals surface area contributed by atoms with Gasteiger partial charge in [-0.3, -0.25) is 0 Å². The summed E-state index contributed by atoms with van der Waals surface area (Å²) in [5.74, 6) is 0. The molecule has 0 heterocycles. The number of amides is 2. The number of carbonyl (C=O) groups excluding carboxylic acids is 1. The molecule has 4 nitrogen and oxygen atoms in total. The van der Waals surface area contributed by atoms with Crippen molar-refractivity contribution < 1.29 is 9.90 Å². The third-order valence-corrected chi connectivity index (χ3v) is 2.59. The van der Waals surface area contributed by atoms with Gasteiger partial charge in [0.25, 0.3) is 0 Å². The van der Waals surface area contributed by atoms with Gasteiger partial charge in [-0.15, -0.1) is 6.58 Å². The smallest absolute Gasteiger partial charge is 0.315 e. The average Bonchev–Trinajstić information content (AvgIpc) is 2.38. The number of hydrogen-bond donors (Lipinski definition) is 3. The van der Waals surface area contributed by atoms with Gasteiger partial charge in [0, 0.05) is 6.04 Å². The summed E-state index contributed by atoms with van der Waals surface area (Å²) >= 11 is 0. The molecule has 0 radical (unpaired) electrons. The lowest BCUT2D eigenvalue weighted by atomic mass is 10.1. The number of aliphatic hydroxyl groups excluding tert-OH is 1. The summed E-state index contributed by atoms with van der Waals surface area (Å²) in [6.45, 7) is 5.33. The van der Waals surface area contributed by atoms with E-state index in [1.807, 2.05) is 37.3 Å². The van der Waals surface area contributed by atoms with E-state index in [9.17, 15) is 9.90 Å². The predicted molar refractivity (Wildman–Crippen MR) is 72.3 cm³/mol. The van der Waals surface area contributed by atoms with Gasteiger partial charge < -0.3 is 15.7 Å². The summed E-state index contributed by atoms with van der Waals surface area (Å²) < 4.78 is 0.